The predicted octanol–water partition coefficient (Wildman–Crippen LogP) is 2.43. The Balaban J connectivity index is 2.16. The van der Waals surface area contributed by atoms with Crippen LogP contribution in [0.15, 0.2) is 54.6 Å². The van der Waals surface area contributed by atoms with E-state index in [0.29, 0.717) is 23.7 Å². The summed E-state index contributed by atoms with van der Waals surface area (Å²) in [6, 6.07) is 15.7. The van der Waals surface area contributed by atoms with E-state index in [1.807, 2.05) is 13.0 Å². The molecule has 0 aliphatic carbocycles. The molecule has 7 nitrogen and oxygen atoms in total. The van der Waals surface area contributed by atoms with Crippen molar-refractivity contribution in [2.75, 3.05) is 27.3 Å². The van der Waals surface area contributed by atoms with Gasteiger partial charge in [-0.25, -0.2) is 8.42 Å². The van der Waals surface area contributed by atoms with Crippen molar-refractivity contribution in [3.63, 3.8) is 0 Å². The maximum atomic E-state index is 12.8. The lowest BCUT2D eigenvalue weighted by atomic mass is 10.0. The number of carbonyl (C=O) groups is 1. The lowest BCUT2D eigenvalue weighted by Crippen LogP contribution is -2.59. The molecule has 0 saturated carbocycles. The predicted molar refractivity (Wildman–Crippen MR) is 112 cm³/mol. The van der Waals surface area contributed by atoms with Crippen LogP contribution in [0.2, 0.25) is 0 Å². The molecule has 1 amide bonds. The highest BCUT2D eigenvalue weighted by Crippen LogP contribution is 2.20. The summed E-state index contributed by atoms with van der Waals surface area (Å²) in [5.41, 5.74) is -0.831. The second-order valence-corrected chi connectivity index (χ2v) is 8.79. The van der Waals surface area contributed by atoms with E-state index >= 15 is 0 Å². The molecule has 0 aromatic heterocycles. The second-order valence-electron chi connectivity index (χ2n) is 7.07. The van der Waals surface area contributed by atoms with E-state index in [2.05, 4.69) is 4.72 Å². The molecule has 1 N–H and O–H groups in total. The number of carbonyl (C=O) groups excluding carboxylic acids is 1. The fourth-order valence-corrected chi connectivity index (χ4v) is 4.36. The number of amides is 1. The molecular formula is C21H28N2O5S. The van der Waals surface area contributed by atoms with E-state index in [-0.39, 0.29) is 12.4 Å². The van der Waals surface area contributed by atoms with Crippen molar-refractivity contribution in [3.05, 3.63) is 60.2 Å². The molecule has 2 aromatic carbocycles. The molecule has 0 bridgehead atoms. The lowest BCUT2D eigenvalue weighted by molar-refractivity contribution is -0.135. The van der Waals surface area contributed by atoms with Gasteiger partial charge in [-0.1, -0.05) is 30.3 Å². The molecule has 0 radical (unpaired) electrons. The Morgan fingerprint density at radius 3 is 2.07 bits per heavy atom. The van der Waals surface area contributed by atoms with Crippen LogP contribution >= 0.6 is 0 Å². The van der Waals surface area contributed by atoms with Crippen molar-refractivity contribution in [3.8, 4) is 11.5 Å². The molecule has 0 saturated heterocycles. The van der Waals surface area contributed by atoms with E-state index in [1.165, 1.54) is 11.8 Å². The molecule has 2 aromatic rings. The van der Waals surface area contributed by atoms with E-state index < -0.39 is 21.5 Å². The standard InChI is InChI=1S/C21H28N2O5S/c1-5-27-18-11-13-19(14-12-18)28-16-21(2,20(24)23(3)4)22-29(25,26)15-17-9-7-6-8-10-17/h6-14,22H,5,15-16H2,1-4H3. The molecule has 2 rings (SSSR count). The van der Waals surface area contributed by atoms with Crippen LogP contribution in [-0.4, -0.2) is 52.1 Å². The van der Waals surface area contributed by atoms with Crippen molar-refractivity contribution in [2.45, 2.75) is 25.1 Å². The Kier molecular flexibility index (Phi) is 7.64. The number of hydrogen-bond acceptors (Lipinski definition) is 5. The first-order chi connectivity index (χ1) is 13.6. The van der Waals surface area contributed by atoms with Gasteiger partial charge in [-0.2, -0.15) is 4.72 Å². The number of rotatable bonds is 10. The van der Waals surface area contributed by atoms with Crippen molar-refractivity contribution in [1.82, 2.24) is 9.62 Å². The summed E-state index contributed by atoms with van der Waals surface area (Å²) in [4.78, 5) is 14.1. The van der Waals surface area contributed by atoms with Gasteiger partial charge < -0.3 is 14.4 Å². The smallest absolute Gasteiger partial charge is 0.246 e. The summed E-state index contributed by atoms with van der Waals surface area (Å²) in [5, 5.41) is 0. The third-order valence-corrected chi connectivity index (χ3v) is 5.60. The largest absolute Gasteiger partial charge is 0.494 e. The first-order valence-corrected chi connectivity index (χ1v) is 10.9. The number of likely N-dealkylation sites (N-methyl/N-ethyl adjacent to an activating group) is 1. The highest BCUT2D eigenvalue weighted by atomic mass is 32.2. The Morgan fingerprint density at radius 2 is 1.55 bits per heavy atom. The number of nitrogens with one attached hydrogen (secondary N) is 1. The average Bonchev–Trinajstić information content (AvgIpc) is 2.67. The van der Waals surface area contributed by atoms with Gasteiger partial charge in [0.25, 0.3) is 0 Å². The third-order valence-electron chi connectivity index (χ3n) is 4.12. The molecule has 0 aliphatic heterocycles. The zero-order valence-corrected chi connectivity index (χ0v) is 18.0. The maximum Gasteiger partial charge on any atom is 0.246 e. The Bertz CT molecular complexity index is 898. The van der Waals surface area contributed by atoms with Crippen molar-refractivity contribution >= 4 is 15.9 Å². The van der Waals surface area contributed by atoms with Crippen LogP contribution in [0.3, 0.4) is 0 Å². The second kappa shape index (κ2) is 9.76. The molecule has 29 heavy (non-hydrogen) atoms. The topological polar surface area (TPSA) is 84.9 Å². The van der Waals surface area contributed by atoms with Crippen molar-refractivity contribution in [1.29, 1.82) is 0 Å². The Labute approximate surface area is 172 Å². The van der Waals surface area contributed by atoms with Crippen LogP contribution in [0.1, 0.15) is 19.4 Å². The number of hydrogen-bond donors (Lipinski definition) is 1. The number of nitrogens with zero attached hydrogens (tertiary/aromatic N) is 1. The highest BCUT2D eigenvalue weighted by molar-refractivity contribution is 7.88. The van der Waals surface area contributed by atoms with Gasteiger partial charge in [0.2, 0.25) is 15.9 Å². The Hall–Kier alpha value is -2.58. The lowest BCUT2D eigenvalue weighted by Gasteiger charge is -2.31. The molecule has 0 fully saturated rings. The first kappa shape index (κ1) is 22.7. The van der Waals surface area contributed by atoms with Gasteiger partial charge in [-0.05, 0) is 43.7 Å². The quantitative estimate of drug-likeness (QED) is 0.638. The van der Waals surface area contributed by atoms with E-state index in [1.54, 1.807) is 62.6 Å². The van der Waals surface area contributed by atoms with E-state index in [9.17, 15) is 13.2 Å². The van der Waals surface area contributed by atoms with Gasteiger partial charge in [0, 0.05) is 14.1 Å². The van der Waals surface area contributed by atoms with E-state index in [0.717, 1.165) is 0 Å². The summed E-state index contributed by atoms with van der Waals surface area (Å²) >= 11 is 0. The minimum atomic E-state index is -3.79. The zero-order chi connectivity index (χ0) is 21.5. The van der Waals surface area contributed by atoms with Crippen LogP contribution in [-0.2, 0) is 20.6 Å². The summed E-state index contributed by atoms with van der Waals surface area (Å²) in [7, 11) is -0.642. The summed E-state index contributed by atoms with van der Waals surface area (Å²) in [6.45, 7) is 3.81. The fraction of sp³-hybridized carbons (Fsp3) is 0.381. The minimum absolute atomic E-state index is 0.161. The van der Waals surface area contributed by atoms with Crippen molar-refractivity contribution < 1.29 is 22.7 Å². The molecule has 0 aliphatic rings. The first-order valence-electron chi connectivity index (χ1n) is 9.28. The molecule has 1 atom stereocenters. The summed E-state index contributed by atoms with van der Waals surface area (Å²) < 4.78 is 39.1. The van der Waals surface area contributed by atoms with Gasteiger partial charge in [0.1, 0.15) is 23.6 Å². The van der Waals surface area contributed by atoms with Gasteiger partial charge in [0.05, 0.1) is 12.4 Å². The van der Waals surface area contributed by atoms with Crippen LogP contribution < -0.4 is 14.2 Å². The van der Waals surface area contributed by atoms with Crippen LogP contribution in [0.5, 0.6) is 11.5 Å². The zero-order valence-electron chi connectivity index (χ0n) is 17.2. The van der Waals surface area contributed by atoms with E-state index in [4.69, 9.17) is 9.47 Å². The summed E-state index contributed by atoms with van der Waals surface area (Å²) in [6.07, 6.45) is 0. The molecular weight excluding hydrogens is 392 g/mol. The molecule has 8 heteroatoms. The van der Waals surface area contributed by atoms with Crippen LogP contribution in [0.4, 0.5) is 0 Å². The molecule has 0 heterocycles. The van der Waals surface area contributed by atoms with Crippen LogP contribution in [0, 0.1) is 0 Å². The number of sulfonamides is 1. The third kappa shape index (κ3) is 6.76. The number of ether oxygens (including phenoxy) is 2. The SMILES string of the molecule is CCOc1ccc(OCC(C)(NS(=O)(=O)Cc2ccccc2)C(=O)N(C)C)cc1. The van der Waals surface area contributed by atoms with Crippen molar-refractivity contribution in [2.24, 2.45) is 0 Å². The van der Waals surface area contributed by atoms with Gasteiger partial charge in [-0.3, -0.25) is 4.79 Å². The molecule has 158 valence electrons. The fourth-order valence-electron chi connectivity index (χ4n) is 2.83. The average molecular weight is 421 g/mol. The summed E-state index contributed by atoms with van der Waals surface area (Å²) in [5.74, 6) is 0.580. The minimum Gasteiger partial charge on any atom is -0.494 e. The monoisotopic (exact) mass is 420 g/mol. The van der Waals surface area contributed by atoms with Gasteiger partial charge in [0.15, 0.2) is 0 Å². The van der Waals surface area contributed by atoms with Gasteiger partial charge in [-0.15, -0.1) is 0 Å². The number of benzene rings is 2. The van der Waals surface area contributed by atoms with Crippen LogP contribution in [0.25, 0.3) is 0 Å². The maximum absolute atomic E-state index is 12.8. The highest BCUT2D eigenvalue weighted by Gasteiger charge is 2.39. The normalized spacial score (nSPS) is 13.4. The van der Waals surface area contributed by atoms with Gasteiger partial charge >= 0.3 is 0 Å². The molecule has 0 spiro atoms. The Morgan fingerprint density at radius 1 is 1.00 bits per heavy atom. The molecule has 1 unspecified atom stereocenters.